The van der Waals surface area contributed by atoms with Gasteiger partial charge in [0.15, 0.2) is 16.9 Å². The number of rotatable bonds is 15. The van der Waals surface area contributed by atoms with Crippen molar-refractivity contribution in [3.05, 3.63) is 95.2 Å². The van der Waals surface area contributed by atoms with Crippen LogP contribution in [0.4, 0.5) is 0 Å². The molecule has 0 amide bonds. The number of unbranched alkanes of at least 4 members (excludes halogenated alkanes) is 4. The topological polar surface area (TPSA) is 148 Å². The van der Waals surface area contributed by atoms with Crippen LogP contribution < -0.4 is 5.43 Å². The van der Waals surface area contributed by atoms with Crippen LogP contribution in [0.3, 0.4) is 0 Å². The summed E-state index contributed by atoms with van der Waals surface area (Å²) in [5, 5.41) is 46.3. The summed E-state index contributed by atoms with van der Waals surface area (Å²) >= 11 is 0. The Morgan fingerprint density at radius 2 is 1.33 bits per heavy atom. The standard InChI is InChI=1S/C20H32O2.C15H10O6/c1-2-3-4-5-6-7-8-9-10-11-12-13-14-15-16-17-18-19-20(21)22;16-8-4-11(19)15-12(20)6-13(21-14(15)5-8)7-1-2-9(17)10(18)3-7/h6-7,9-10,12-13,15-16H,2-5,8,11,14,17-19H2,1H3,(H,21,22);1-6,16-19H/b7-6-,10-9-,13-12-,16-15-;. The van der Waals surface area contributed by atoms with Gasteiger partial charge in [-0.3, -0.25) is 9.59 Å². The van der Waals surface area contributed by atoms with Gasteiger partial charge in [-0.2, -0.15) is 0 Å². The molecule has 2 aromatic carbocycles. The average molecular weight is 591 g/mol. The van der Waals surface area contributed by atoms with Gasteiger partial charge in [0.25, 0.3) is 0 Å². The number of phenolic OH excluding ortho intramolecular Hbond substituents is 4. The molecule has 43 heavy (non-hydrogen) atoms. The van der Waals surface area contributed by atoms with Gasteiger partial charge in [0.1, 0.15) is 28.2 Å². The van der Waals surface area contributed by atoms with Crippen molar-refractivity contribution < 1.29 is 34.7 Å². The van der Waals surface area contributed by atoms with Crippen LogP contribution in [-0.4, -0.2) is 31.5 Å². The van der Waals surface area contributed by atoms with Crippen molar-refractivity contribution in [3.63, 3.8) is 0 Å². The number of fused-ring (bicyclic) bond motifs is 1. The summed E-state index contributed by atoms with van der Waals surface area (Å²) in [6, 6.07) is 7.37. The van der Waals surface area contributed by atoms with E-state index in [0.717, 1.165) is 44.2 Å². The summed E-state index contributed by atoms with van der Waals surface area (Å²) in [6.45, 7) is 2.23. The fourth-order valence-corrected chi connectivity index (χ4v) is 4.00. The Morgan fingerprint density at radius 1 is 0.721 bits per heavy atom. The quantitative estimate of drug-likeness (QED) is 0.0672. The number of hydrogen-bond donors (Lipinski definition) is 5. The third-order valence-corrected chi connectivity index (χ3v) is 6.27. The Morgan fingerprint density at radius 3 is 1.91 bits per heavy atom. The molecule has 0 atom stereocenters. The second kappa shape index (κ2) is 19.4. The summed E-state index contributed by atoms with van der Waals surface area (Å²) in [5.41, 5.74) is -0.106. The van der Waals surface area contributed by atoms with Gasteiger partial charge in [-0.15, -0.1) is 0 Å². The highest BCUT2D eigenvalue weighted by atomic mass is 16.4. The van der Waals surface area contributed by atoms with E-state index < -0.39 is 11.4 Å². The minimum absolute atomic E-state index is 0.0163. The number of phenols is 4. The van der Waals surface area contributed by atoms with Gasteiger partial charge in [-0.05, 0) is 63.1 Å². The number of aromatic hydroxyl groups is 4. The zero-order valence-corrected chi connectivity index (χ0v) is 24.6. The van der Waals surface area contributed by atoms with Crippen molar-refractivity contribution >= 4 is 16.9 Å². The number of carboxylic acid groups (broad SMARTS) is 1. The molecule has 0 fully saturated rings. The Balaban J connectivity index is 0.000000300. The Hall–Kier alpha value is -4.72. The number of carboxylic acids is 1. The maximum atomic E-state index is 12.0. The second-order valence-electron chi connectivity index (χ2n) is 9.89. The lowest BCUT2D eigenvalue weighted by molar-refractivity contribution is -0.137. The average Bonchev–Trinajstić information content (AvgIpc) is 2.95. The Kier molecular flexibility index (Phi) is 15.6. The largest absolute Gasteiger partial charge is 0.508 e. The molecule has 0 bridgehead atoms. The van der Waals surface area contributed by atoms with Gasteiger partial charge in [-0.1, -0.05) is 68.4 Å². The molecule has 8 heteroatoms. The molecule has 230 valence electrons. The van der Waals surface area contributed by atoms with E-state index in [1.165, 1.54) is 49.9 Å². The van der Waals surface area contributed by atoms with Crippen LogP contribution in [0.5, 0.6) is 23.0 Å². The summed E-state index contributed by atoms with van der Waals surface area (Å²) in [4.78, 5) is 22.4. The van der Waals surface area contributed by atoms with E-state index in [9.17, 15) is 30.0 Å². The monoisotopic (exact) mass is 590 g/mol. The molecule has 3 aromatic rings. The number of carbonyl (C=O) groups is 1. The second-order valence-corrected chi connectivity index (χ2v) is 9.89. The van der Waals surface area contributed by atoms with Gasteiger partial charge in [0, 0.05) is 30.2 Å². The van der Waals surface area contributed by atoms with Crippen LogP contribution in [-0.2, 0) is 4.79 Å². The molecular formula is C35H42O8. The molecule has 0 aliphatic rings. The van der Waals surface area contributed by atoms with Crippen LogP contribution in [0.1, 0.15) is 71.1 Å². The fraction of sp³-hybridized carbons (Fsp3) is 0.314. The minimum atomic E-state index is -0.712. The van der Waals surface area contributed by atoms with Crippen LogP contribution >= 0.6 is 0 Å². The molecule has 0 saturated carbocycles. The van der Waals surface area contributed by atoms with Crippen molar-refractivity contribution in [2.75, 3.05) is 0 Å². The molecule has 0 aliphatic carbocycles. The van der Waals surface area contributed by atoms with Gasteiger partial charge < -0.3 is 29.9 Å². The molecule has 1 heterocycles. The first-order valence-electron chi connectivity index (χ1n) is 14.6. The molecule has 0 radical (unpaired) electrons. The lowest BCUT2D eigenvalue weighted by Gasteiger charge is -2.06. The Bertz CT molecular complexity index is 1480. The fourth-order valence-electron chi connectivity index (χ4n) is 4.00. The molecule has 0 spiro atoms. The first-order chi connectivity index (χ1) is 20.7. The van der Waals surface area contributed by atoms with E-state index in [4.69, 9.17) is 9.52 Å². The normalized spacial score (nSPS) is 11.7. The summed E-state index contributed by atoms with van der Waals surface area (Å²) in [7, 11) is 0. The number of hydrogen-bond acceptors (Lipinski definition) is 7. The zero-order valence-electron chi connectivity index (χ0n) is 24.6. The number of benzene rings is 2. The van der Waals surface area contributed by atoms with E-state index in [1.54, 1.807) is 0 Å². The van der Waals surface area contributed by atoms with Crippen LogP contribution in [0.25, 0.3) is 22.3 Å². The summed E-state index contributed by atoms with van der Waals surface area (Å²) < 4.78 is 5.47. The van der Waals surface area contributed by atoms with E-state index >= 15 is 0 Å². The van der Waals surface area contributed by atoms with Crippen LogP contribution in [0.2, 0.25) is 0 Å². The van der Waals surface area contributed by atoms with Crippen molar-refractivity contribution in [3.8, 4) is 34.3 Å². The van der Waals surface area contributed by atoms with Gasteiger partial charge in [0.05, 0.1) is 0 Å². The third-order valence-electron chi connectivity index (χ3n) is 6.27. The van der Waals surface area contributed by atoms with Crippen molar-refractivity contribution in [1.29, 1.82) is 0 Å². The number of aliphatic carboxylic acids is 1. The lowest BCUT2D eigenvalue weighted by Crippen LogP contribution is -2.00. The van der Waals surface area contributed by atoms with Crippen molar-refractivity contribution in [1.82, 2.24) is 0 Å². The first-order valence-corrected chi connectivity index (χ1v) is 14.6. The van der Waals surface area contributed by atoms with E-state index in [2.05, 4.69) is 55.5 Å². The summed E-state index contributed by atoms with van der Waals surface area (Å²) in [6.07, 6.45) is 27.3. The maximum Gasteiger partial charge on any atom is 0.303 e. The third kappa shape index (κ3) is 13.2. The van der Waals surface area contributed by atoms with Crippen molar-refractivity contribution in [2.45, 2.75) is 71.1 Å². The molecule has 8 nitrogen and oxygen atoms in total. The molecular weight excluding hydrogens is 548 g/mol. The molecule has 0 aliphatic heterocycles. The molecule has 0 unspecified atom stereocenters. The SMILES string of the molecule is CCCCC/C=C\C/C=C\C/C=C\C/C=C\CCCC(=O)O.O=c1cc(-c2ccc(O)c(O)c2)oc2cc(O)cc(O)c12. The van der Waals surface area contributed by atoms with Gasteiger partial charge >= 0.3 is 5.97 Å². The highest BCUT2D eigenvalue weighted by Crippen LogP contribution is 2.33. The number of allylic oxidation sites excluding steroid dienone is 8. The van der Waals surface area contributed by atoms with E-state index in [-0.39, 0.29) is 46.1 Å². The maximum absolute atomic E-state index is 12.0. The smallest absolute Gasteiger partial charge is 0.303 e. The lowest BCUT2D eigenvalue weighted by atomic mass is 10.1. The molecule has 0 saturated heterocycles. The Labute approximate surface area is 252 Å². The van der Waals surface area contributed by atoms with Gasteiger partial charge in [-0.25, -0.2) is 0 Å². The predicted molar refractivity (Wildman–Crippen MR) is 171 cm³/mol. The van der Waals surface area contributed by atoms with Crippen molar-refractivity contribution in [2.24, 2.45) is 0 Å². The van der Waals surface area contributed by atoms with Crippen LogP contribution in [0.15, 0.2) is 94.2 Å². The van der Waals surface area contributed by atoms with E-state index in [0.29, 0.717) is 5.56 Å². The minimum Gasteiger partial charge on any atom is -0.508 e. The zero-order chi connectivity index (χ0) is 31.5. The highest BCUT2D eigenvalue weighted by molar-refractivity contribution is 5.86. The first kappa shape index (κ1) is 34.5. The molecule has 3 rings (SSSR count). The molecule has 1 aromatic heterocycles. The van der Waals surface area contributed by atoms with E-state index in [1.807, 2.05) is 0 Å². The molecule has 5 N–H and O–H groups in total. The van der Waals surface area contributed by atoms with Crippen LogP contribution in [0, 0.1) is 0 Å². The highest BCUT2D eigenvalue weighted by Gasteiger charge is 2.13. The predicted octanol–water partition coefficient (Wildman–Crippen LogP) is 8.50. The summed E-state index contributed by atoms with van der Waals surface area (Å²) in [5.74, 6) is -1.84. The van der Waals surface area contributed by atoms with Gasteiger partial charge in [0.2, 0.25) is 0 Å².